The van der Waals surface area contributed by atoms with E-state index in [2.05, 4.69) is 55.6 Å². The van der Waals surface area contributed by atoms with Gasteiger partial charge in [0.25, 0.3) is 0 Å². The molecule has 4 nitrogen and oxygen atoms in total. The van der Waals surface area contributed by atoms with Crippen LogP contribution in [0.5, 0.6) is 0 Å². The molecular formula is C12H25N4Y-. The van der Waals surface area contributed by atoms with Crippen LogP contribution in [-0.2, 0) is 32.7 Å². The van der Waals surface area contributed by atoms with Crippen LogP contribution in [0.25, 0.3) is 0 Å². The monoisotopic (exact) mass is 314 g/mol. The summed E-state index contributed by atoms with van der Waals surface area (Å²) in [5.41, 5.74) is 0. The molecule has 0 amide bonds. The molecule has 0 aromatic rings. The van der Waals surface area contributed by atoms with Crippen LogP contribution in [0.4, 0.5) is 0 Å². The summed E-state index contributed by atoms with van der Waals surface area (Å²) >= 11 is 0. The van der Waals surface area contributed by atoms with E-state index in [0.717, 1.165) is 5.84 Å². The first kappa shape index (κ1) is 17.5. The molecule has 4 unspecified atom stereocenters. The van der Waals surface area contributed by atoms with Crippen molar-refractivity contribution >= 4 is 5.84 Å². The molecule has 97 valence electrons. The maximum atomic E-state index is 4.28. The molecule has 3 N–H and O–H groups in total. The first-order valence-corrected chi connectivity index (χ1v) is 6.07. The first-order chi connectivity index (χ1) is 7.40. The van der Waals surface area contributed by atoms with E-state index >= 15 is 0 Å². The van der Waals surface area contributed by atoms with Gasteiger partial charge in [0, 0.05) is 38.8 Å². The summed E-state index contributed by atoms with van der Waals surface area (Å²) in [7, 11) is 0. The topological polar surface area (TPSA) is 48.5 Å². The van der Waals surface area contributed by atoms with Crippen molar-refractivity contribution in [2.45, 2.75) is 65.7 Å². The number of rotatable bonds is 0. The van der Waals surface area contributed by atoms with Gasteiger partial charge in [0.2, 0.25) is 0 Å². The van der Waals surface area contributed by atoms with Crippen LogP contribution in [0.3, 0.4) is 0 Å². The summed E-state index contributed by atoms with van der Waals surface area (Å²) in [6, 6.07) is 2.19. The number of nitrogens with zero attached hydrogens (tertiary/aromatic N) is 1. The van der Waals surface area contributed by atoms with Crippen molar-refractivity contribution in [1.82, 2.24) is 16.0 Å². The second-order valence-corrected chi connectivity index (χ2v) is 4.88. The summed E-state index contributed by atoms with van der Waals surface area (Å²) in [5, 5.41) is 9.76. The molecule has 2 rings (SSSR count). The fraction of sp³-hybridized carbons (Fsp3) is 0.833. The molecule has 1 radical (unpaired) electrons. The van der Waals surface area contributed by atoms with Crippen LogP contribution in [-0.4, -0.2) is 30.0 Å². The van der Waals surface area contributed by atoms with E-state index in [9.17, 15) is 0 Å². The van der Waals surface area contributed by atoms with Crippen LogP contribution >= 0.6 is 0 Å². The third-order valence-electron chi connectivity index (χ3n) is 3.20. The van der Waals surface area contributed by atoms with Gasteiger partial charge in [0.15, 0.2) is 0 Å². The normalized spacial score (nSPS) is 36.5. The van der Waals surface area contributed by atoms with Crippen molar-refractivity contribution in [2.24, 2.45) is 4.99 Å². The van der Waals surface area contributed by atoms with Gasteiger partial charge in [0.05, 0.1) is 11.9 Å². The molecule has 0 spiro atoms. The Labute approximate surface area is 131 Å². The van der Waals surface area contributed by atoms with Gasteiger partial charge >= 0.3 is 0 Å². The molecule has 17 heavy (non-hydrogen) atoms. The molecule has 0 bridgehead atoms. The van der Waals surface area contributed by atoms with E-state index in [-0.39, 0.29) is 32.7 Å². The smallest absolute Gasteiger partial charge is 0.0938 e. The maximum absolute atomic E-state index is 4.28. The van der Waals surface area contributed by atoms with Crippen molar-refractivity contribution in [2.75, 3.05) is 0 Å². The number of nitrogens with one attached hydrogen (secondary N) is 3. The Balaban J connectivity index is 0.000000284. The average Bonchev–Trinajstić information content (AvgIpc) is 2.58. The zero-order valence-electron chi connectivity index (χ0n) is 11.8. The Kier molecular flexibility index (Phi) is 8.05. The zero-order chi connectivity index (χ0) is 12.3. The summed E-state index contributed by atoms with van der Waals surface area (Å²) in [6.45, 7) is 12.7. The molecule has 5 heteroatoms. The quantitative estimate of drug-likeness (QED) is 0.590. The van der Waals surface area contributed by atoms with E-state index in [1.807, 2.05) is 6.92 Å². The average molecular weight is 314 g/mol. The second-order valence-electron chi connectivity index (χ2n) is 4.88. The van der Waals surface area contributed by atoms with Gasteiger partial charge in [-0.2, -0.15) is 13.1 Å². The summed E-state index contributed by atoms with van der Waals surface area (Å²) in [4.78, 5) is 4.28. The molecule has 0 saturated carbocycles. The number of hydrogen-bond donors (Lipinski definition) is 3. The van der Waals surface area contributed by atoms with E-state index in [1.54, 1.807) is 0 Å². The number of hydrogen-bond acceptors (Lipinski definition) is 4. The first-order valence-electron chi connectivity index (χ1n) is 6.07. The fourth-order valence-electron chi connectivity index (χ4n) is 1.88. The van der Waals surface area contributed by atoms with E-state index in [4.69, 9.17) is 0 Å². The van der Waals surface area contributed by atoms with Crippen LogP contribution < -0.4 is 16.0 Å². The van der Waals surface area contributed by atoms with Crippen LogP contribution in [0.2, 0.25) is 0 Å². The molecule has 4 atom stereocenters. The van der Waals surface area contributed by atoms with Gasteiger partial charge in [0.1, 0.15) is 0 Å². The summed E-state index contributed by atoms with van der Waals surface area (Å²) in [6.07, 6.45) is 1.20. The van der Waals surface area contributed by atoms with Gasteiger partial charge in [-0.3, -0.25) is 4.99 Å². The Morgan fingerprint density at radius 1 is 1.00 bits per heavy atom. The molecule has 1 fully saturated rings. The largest absolute Gasteiger partial charge is 0.450 e. The Morgan fingerprint density at radius 2 is 1.47 bits per heavy atom. The van der Waals surface area contributed by atoms with Crippen molar-refractivity contribution < 1.29 is 32.7 Å². The molecular weight excluding hydrogens is 289 g/mol. The van der Waals surface area contributed by atoms with E-state index in [0.29, 0.717) is 24.2 Å². The molecule has 1 saturated heterocycles. The minimum absolute atomic E-state index is 0. The zero-order valence-corrected chi connectivity index (χ0v) is 14.7. The van der Waals surface area contributed by atoms with Gasteiger partial charge in [-0.05, 0) is 32.9 Å². The van der Waals surface area contributed by atoms with Crippen LogP contribution in [0.15, 0.2) is 4.99 Å². The third-order valence-corrected chi connectivity index (χ3v) is 3.20. The minimum atomic E-state index is 0. The van der Waals surface area contributed by atoms with E-state index < -0.39 is 0 Å². The van der Waals surface area contributed by atoms with Gasteiger partial charge in [-0.15, -0.1) is 0 Å². The SMILES string of the molecule is CC1=NC(C)C(C)N1.C[C-]1NC(C)C(C)N1.[Y]. The number of amidine groups is 1. The molecule has 2 aliphatic heterocycles. The molecule has 0 aliphatic carbocycles. The molecule has 2 heterocycles. The minimum Gasteiger partial charge on any atom is -0.450 e. The predicted molar refractivity (Wildman–Crippen MR) is 69.3 cm³/mol. The van der Waals surface area contributed by atoms with Gasteiger partial charge < -0.3 is 16.0 Å². The van der Waals surface area contributed by atoms with Crippen LogP contribution in [0.1, 0.15) is 41.5 Å². The standard InChI is InChI=1S/C6H13N2.C6H12N2.Y/c2*1-4-5(2)8-6(3)7-4;/h4-5,7-8H,1-3H3;4-5H,1-3H3,(H,7,8);/q-1;;. The summed E-state index contributed by atoms with van der Waals surface area (Å²) in [5.74, 6) is 1.07. The predicted octanol–water partition coefficient (Wildman–Crippen LogP) is 1.25. The van der Waals surface area contributed by atoms with Crippen molar-refractivity contribution in [1.29, 1.82) is 0 Å². The van der Waals surface area contributed by atoms with Gasteiger partial charge in [-0.1, -0.05) is 13.8 Å². The van der Waals surface area contributed by atoms with Crippen molar-refractivity contribution in [3.8, 4) is 0 Å². The van der Waals surface area contributed by atoms with Crippen LogP contribution in [0, 0.1) is 6.17 Å². The number of aliphatic imine (C=N–C) groups is 1. The van der Waals surface area contributed by atoms with Crippen molar-refractivity contribution in [3.05, 3.63) is 6.17 Å². The van der Waals surface area contributed by atoms with Crippen molar-refractivity contribution in [3.63, 3.8) is 0 Å². The third kappa shape index (κ3) is 5.78. The maximum Gasteiger partial charge on any atom is 0.0938 e. The van der Waals surface area contributed by atoms with Gasteiger partial charge in [-0.25, -0.2) is 0 Å². The van der Waals surface area contributed by atoms with E-state index in [1.165, 1.54) is 6.17 Å². The Bertz CT molecular complexity index is 247. The molecule has 0 aromatic carbocycles. The fourth-order valence-corrected chi connectivity index (χ4v) is 1.88. The Hall–Kier alpha value is 0.494. The summed E-state index contributed by atoms with van der Waals surface area (Å²) < 4.78 is 0. The second kappa shape index (κ2) is 7.83. The Morgan fingerprint density at radius 3 is 1.59 bits per heavy atom. The molecule has 0 aromatic heterocycles. The molecule has 2 aliphatic rings.